The molecule has 0 aliphatic carbocycles. The van der Waals surface area contributed by atoms with Crippen LogP contribution in [-0.2, 0) is 4.79 Å². The predicted molar refractivity (Wildman–Crippen MR) is 154 cm³/mol. The Morgan fingerprint density at radius 3 is 2.26 bits per heavy atom. The molecule has 6 nitrogen and oxygen atoms in total. The van der Waals surface area contributed by atoms with E-state index in [2.05, 4.69) is 10.6 Å². The number of aryl methyl sites for hydroxylation is 1. The first-order chi connectivity index (χ1) is 18.4. The molecule has 0 aromatic heterocycles. The molecule has 1 atom stereocenters. The fourth-order valence-corrected chi connectivity index (χ4v) is 4.99. The van der Waals surface area contributed by atoms with Crippen LogP contribution in [-0.4, -0.2) is 26.0 Å². The molecule has 4 rings (SSSR count). The van der Waals surface area contributed by atoms with Gasteiger partial charge in [0.25, 0.3) is 5.91 Å². The highest BCUT2D eigenvalue weighted by Crippen LogP contribution is 2.39. The SMILES string of the molecule is COc1ccc(C(=O)Nc2cccc(SC(C(=O)Nc3cc(C)c(Cl)cc3OC)c3ccccc3)c2)cc1. The Hall–Kier alpha value is -3.94. The van der Waals surface area contributed by atoms with Gasteiger partial charge in [-0.05, 0) is 66.6 Å². The standard InChI is InChI=1S/C30H27ClN2O4S/c1-19-16-26(27(37-3)18-25(19)31)33-30(35)28(20-8-5-4-6-9-20)38-24-11-7-10-22(17-24)32-29(34)21-12-14-23(36-2)15-13-21/h4-18,28H,1-3H3,(H,32,34)(H,33,35). The minimum absolute atomic E-state index is 0.214. The van der Waals surface area contributed by atoms with Gasteiger partial charge >= 0.3 is 0 Å². The topological polar surface area (TPSA) is 76.7 Å². The number of rotatable bonds is 9. The Morgan fingerprint density at radius 1 is 0.842 bits per heavy atom. The summed E-state index contributed by atoms with van der Waals surface area (Å²) in [5.74, 6) is 0.705. The molecule has 4 aromatic carbocycles. The summed E-state index contributed by atoms with van der Waals surface area (Å²) in [6, 6.07) is 27.3. The predicted octanol–water partition coefficient (Wildman–Crippen LogP) is 7.39. The molecule has 0 bridgehead atoms. The van der Waals surface area contributed by atoms with Crippen LogP contribution in [0.5, 0.6) is 11.5 Å². The summed E-state index contributed by atoms with van der Waals surface area (Å²) >= 11 is 7.62. The first kappa shape index (κ1) is 27.1. The van der Waals surface area contributed by atoms with Gasteiger partial charge in [0.05, 0.1) is 19.9 Å². The fourth-order valence-electron chi connectivity index (χ4n) is 3.76. The van der Waals surface area contributed by atoms with Crippen LogP contribution in [0.15, 0.2) is 95.9 Å². The molecule has 0 heterocycles. The number of carbonyl (C=O) groups is 2. The van der Waals surface area contributed by atoms with E-state index >= 15 is 0 Å². The van der Waals surface area contributed by atoms with Crippen molar-refractivity contribution in [1.82, 2.24) is 0 Å². The summed E-state index contributed by atoms with van der Waals surface area (Å²) in [5, 5.41) is 5.92. The molecule has 0 aliphatic rings. The van der Waals surface area contributed by atoms with E-state index in [1.165, 1.54) is 18.9 Å². The lowest BCUT2D eigenvalue weighted by atomic mass is 10.1. The van der Waals surface area contributed by atoms with Crippen LogP contribution in [0.2, 0.25) is 5.02 Å². The molecular weight excluding hydrogens is 520 g/mol. The van der Waals surface area contributed by atoms with Gasteiger partial charge in [-0.1, -0.05) is 48.0 Å². The van der Waals surface area contributed by atoms with Crippen LogP contribution in [0.25, 0.3) is 0 Å². The van der Waals surface area contributed by atoms with E-state index < -0.39 is 5.25 Å². The molecule has 38 heavy (non-hydrogen) atoms. The second kappa shape index (κ2) is 12.5. The van der Waals surface area contributed by atoms with Crippen LogP contribution in [0.4, 0.5) is 11.4 Å². The highest BCUT2D eigenvalue weighted by molar-refractivity contribution is 8.00. The normalized spacial score (nSPS) is 11.4. The summed E-state index contributed by atoms with van der Waals surface area (Å²) in [6.45, 7) is 1.87. The second-order valence-electron chi connectivity index (χ2n) is 8.41. The van der Waals surface area contributed by atoms with Crippen molar-refractivity contribution in [3.63, 3.8) is 0 Å². The highest BCUT2D eigenvalue weighted by atomic mass is 35.5. The summed E-state index contributed by atoms with van der Waals surface area (Å²) in [5.41, 5.74) is 3.34. The van der Waals surface area contributed by atoms with Crippen molar-refractivity contribution in [3.05, 3.63) is 113 Å². The van der Waals surface area contributed by atoms with Crippen molar-refractivity contribution in [1.29, 1.82) is 0 Å². The Kier molecular flexibility index (Phi) is 8.94. The Bertz CT molecular complexity index is 1430. The van der Waals surface area contributed by atoms with Gasteiger partial charge in [-0.3, -0.25) is 9.59 Å². The molecule has 2 amide bonds. The monoisotopic (exact) mass is 546 g/mol. The third kappa shape index (κ3) is 6.68. The smallest absolute Gasteiger partial charge is 0.255 e. The van der Waals surface area contributed by atoms with Crippen LogP contribution >= 0.6 is 23.4 Å². The van der Waals surface area contributed by atoms with Crippen molar-refractivity contribution < 1.29 is 19.1 Å². The van der Waals surface area contributed by atoms with Gasteiger partial charge in [0.2, 0.25) is 5.91 Å². The minimum Gasteiger partial charge on any atom is -0.497 e. The number of carbonyl (C=O) groups excluding carboxylic acids is 2. The number of thioether (sulfide) groups is 1. The quantitative estimate of drug-likeness (QED) is 0.214. The molecule has 194 valence electrons. The molecule has 8 heteroatoms. The molecule has 0 saturated heterocycles. The van der Waals surface area contributed by atoms with Gasteiger partial charge in [-0.15, -0.1) is 11.8 Å². The summed E-state index contributed by atoms with van der Waals surface area (Å²) < 4.78 is 10.6. The molecule has 0 spiro atoms. The fraction of sp³-hybridized carbons (Fsp3) is 0.133. The number of benzene rings is 4. The van der Waals surface area contributed by atoms with Crippen LogP contribution < -0.4 is 20.1 Å². The van der Waals surface area contributed by atoms with Gasteiger partial charge in [0.1, 0.15) is 16.7 Å². The number of anilines is 2. The lowest BCUT2D eigenvalue weighted by Gasteiger charge is -2.19. The Morgan fingerprint density at radius 2 is 1.58 bits per heavy atom. The molecule has 4 aromatic rings. The zero-order chi connectivity index (χ0) is 27.1. The van der Waals surface area contributed by atoms with Crippen molar-refractivity contribution in [2.24, 2.45) is 0 Å². The van der Waals surface area contributed by atoms with E-state index in [0.717, 1.165) is 16.0 Å². The minimum atomic E-state index is -0.565. The van der Waals surface area contributed by atoms with Gasteiger partial charge in [-0.2, -0.15) is 0 Å². The van der Waals surface area contributed by atoms with Gasteiger partial charge < -0.3 is 20.1 Å². The molecule has 0 aliphatic heterocycles. The van der Waals surface area contributed by atoms with E-state index in [1.54, 1.807) is 43.5 Å². The Labute approximate surface area is 231 Å². The molecule has 0 saturated carbocycles. The third-order valence-electron chi connectivity index (χ3n) is 5.78. The van der Waals surface area contributed by atoms with E-state index in [-0.39, 0.29) is 11.8 Å². The zero-order valence-corrected chi connectivity index (χ0v) is 22.7. The second-order valence-corrected chi connectivity index (χ2v) is 10.00. The maximum absolute atomic E-state index is 13.6. The van der Waals surface area contributed by atoms with E-state index in [0.29, 0.717) is 33.5 Å². The first-order valence-corrected chi connectivity index (χ1v) is 13.1. The average molecular weight is 547 g/mol. The lowest BCUT2D eigenvalue weighted by Crippen LogP contribution is -2.19. The molecule has 1 unspecified atom stereocenters. The third-order valence-corrected chi connectivity index (χ3v) is 7.43. The maximum atomic E-state index is 13.6. The van der Waals surface area contributed by atoms with Gasteiger partial charge in [-0.25, -0.2) is 0 Å². The molecule has 0 fully saturated rings. The van der Waals surface area contributed by atoms with E-state index in [1.807, 2.05) is 61.5 Å². The number of hydrogen-bond acceptors (Lipinski definition) is 5. The summed E-state index contributed by atoms with van der Waals surface area (Å²) in [6.07, 6.45) is 0. The van der Waals surface area contributed by atoms with E-state index in [9.17, 15) is 9.59 Å². The molecule has 0 radical (unpaired) electrons. The van der Waals surface area contributed by atoms with Gasteiger partial charge in [0, 0.05) is 27.2 Å². The summed E-state index contributed by atoms with van der Waals surface area (Å²) in [4.78, 5) is 27.1. The number of nitrogens with one attached hydrogen (secondary N) is 2. The maximum Gasteiger partial charge on any atom is 0.255 e. The number of hydrogen-bond donors (Lipinski definition) is 2. The number of methoxy groups -OCH3 is 2. The zero-order valence-electron chi connectivity index (χ0n) is 21.2. The van der Waals surface area contributed by atoms with Gasteiger partial charge in [0.15, 0.2) is 0 Å². The highest BCUT2D eigenvalue weighted by Gasteiger charge is 2.24. The molecule has 2 N–H and O–H groups in total. The lowest BCUT2D eigenvalue weighted by molar-refractivity contribution is -0.115. The Balaban J connectivity index is 1.56. The van der Waals surface area contributed by atoms with Crippen molar-refractivity contribution in [3.8, 4) is 11.5 Å². The van der Waals surface area contributed by atoms with E-state index in [4.69, 9.17) is 21.1 Å². The largest absolute Gasteiger partial charge is 0.497 e. The van der Waals surface area contributed by atoms with Crippen molar-refractivity contribution in [2.75, 3.05) is 24.9 Å². The van der Waals surface area contributed by atoms with Crippen LogP contribution in [0.3, 0.4) is 0 Å². The molecular formula is C30H27ClN2O4S. The first-order valence-electron chi connectivity index (χ1n) is 11.8. The number of amides is 2. The van der Waals surface area contributed by atoms with Crippen molar-refractivity contribution in [2.45, 2.75) is 17.1 Å². The number of ether oxygens (including phenoxy) is 2. The van der Waals surface area contributed by atoms with Crippen LogP contribution in [0.1, 0.15) is 26.7 Å². The average Bonchev–Trinajstić information content (AvgIpc) is 2.94. The summed E-state index contributed by atoms with van der Waals surface area (Å²) in [7, 11) is 3.11. The number of halogens is 1. The van der Waals surface area contributed by atoms with Crippen molar-refractivity contribution >= 4 is 46.6 Å². The van der Waals surface area contributed by atoms with Crippen LogP contribution in [0, 0.1) is 6.92 Å².